The molecular weight excluding hydrogens is 505 g/mol. The lowest BCUT2D eigenvalue weighted by Gasteiger charge is -2.28. The van der Waals surface area contributed by atoms with Crippen LogP contribution in [0.5, 0.6) is 0 Å². The van der Waals surface area contributed by atoms with Crippen molar-refractivity contribution in [1.82, 2.24) is 10.6 Å². The molecule has 0 heterocycles. The van der Waals surface area contributed by atoms with Gasteiger partial charge in [0.25, 0.3) is 0 Å². The SMILES string of the molecule is COC(=O)c1ccccc1NC(=S)N[C@H](NC(=O)Cc1cccc2ccccc12)C(Cl)(Cl)Cl. The Kier molecular flexibility index (Phi) is 8.37. The van der Waals surface area contributed by atoms with Crippen LogP contribution >= 0.6 is 47.0 Å². The summed E-state index contributed by atoms with van der Waals surface area (Å²) in [6.45, 7) is 0. The molecule has 0 fully saturated rings. The molecule has 1 atom stereocenters. The molecule has 1 amide bonds. The summed E-state index contributed by atoms with van der Waals surface area (Å²) in [6, 6.07) is 20.1. The number of alkyl halides is 3. The van der Waals surface area contributed by atoms with E-state index in [9.17, 15) is 9.59 Å². The van der Waals surface area contributed by atoms with Gasteiger partial charge in [0, 0.05) is 0 Å². The van der Waals surface area contributed by atoms with Crippen molar-refractivity contribution in [3.63, 3.8) is 0 Å². The van der Waals surface area contributed by atoms with Gasteiger partial charge in [0.1, 0.15) is 6.17 Å². The fourth-order valence-corrected chi connectivity index (χ4v) is 3.76. The number of esters is 1. The van der Waals surface area contributed by atoms with E-state index in [4.69, 9.17) is 51.8 Å². The zero-order valence-corrected chi connectivity index (χ0v) is 20.5. The summed E-state index contributed by atoms with van der Waals surface area (Å²) in [5.74, 6) is -0.907. The molecule has 0 radical (unpaired) electrons. The molecule has 10 heteroatoms. The van der Waals surface area contributed by atoms with Crippen LogP contribution in [0.15, 0.2) is 66.7 Å². The molecule has 0 unspecified atom stereocenters. The summed E-state index contributed by atoms with van der Waals surface area (Å²) in [6.07, 6.45) is -1.07. The Balaban J connectivity index is 1.71. The van der Waals surface area contributed by atoms with E-state index in [1.165, 1.54) is 7.11 Å². The average molecular weight is 525 g/mol. The summed E-state index contributed by atoms with van der Waals surface area (Å²) in [7, 11) is 1.28. The van der Waals surface area contributed by atoms with Gasteiger partial charge in [0.05, 0.1) is 24.8 Å². The molecule has 0 spiro atoms. The second-order valence-corrected chi connectivity index (χ2v) is 9.77. The number of benzene rings is 3. The van der Waals surface area contributed by atoms with E-state index >= 15 is 0 Å². The summed E-state index contributed by atoms with van der Waals surface area (Å²) in [5.41, 5.74) is 1.50. The predicted molar refractivity (Wildman–Crippen MR) is 137 cm³/mol. The molecule has 3 rings (SSSR count). The van der Waals surface area contributed by atoms with Gasteiger partial charge in [-0.1, -0.05) is 89.4 Å². The Bertz CT molecular complexity index is 1180. The van der Waals surface area contributed by atoms with Gasteiger partial charge in [0.15, 0.2) is 5.11 Å². The van der Waals surface area contributed by atoms with E-state index in [0.717, 1.165) is 16.3 Å². The number of methoxy groups -OCH3 is 1. The van der Waals surface area contributed by atoms with Crippen LogP contribution in [0.2, 0.25) is 0 Å². The number of anilines is 1. The molecule has 33 heavy (non-hydrogen) atoms. The van der Waals surface area contributed by atoms with Gasteiger partial charge in [-0.15, -0.1) is 0 Å². The number of amides is 1. The van der Waals surface area contributed by atoms with E-state index in [1.807, 2.05) is 42.5 Å². The summed E-state index contributed by atoms with van der Waals surface area (Å²) >= 11 is 23.6. The van der Waals surface area contributed by atoms with Crippen molar-refractivity contribution < 1.29 is 14.3 Å². The Morgan fingerprint density at radius 1 is 0.970 bits per heavy atom. The van der Waals surface area contributed by atoms with Crippen molar-refractivity contribution in [3.8, 4) is 0 Å². The summed E-state index contributed by atoms with van der Waals surface area (Å²) < 4.78 is 2.86. The van der Waals surface area contributed by atoms with E-state index in [1.54, 1.807) is 24.3 Å². The molecule has 0 aromatic heterocycles. The highest BCUT2D eigenvalue weighted by atomic mass is 35.6. The lowest BCUT2D eigenvalue weighted by molar-refractivity contribution is -0.121. The van der Waals surface area contributed by atoms with Crippen molar-refractivity contribution in [2.24, 2.45) is 0 Å². The number of para-hydroxylation sites is 1. The third-order valence-electron chi connectivity index (χ3n) is 4.72. The minimum absolute atomic E-state index is 0.0353. The van der Waals surface area contributed by atoms with Crippen molar-refractivity contribution in [2.45, 2.75) is 16.4 Å². The molecule has 0 aliphatic carbocycles. The first-order valence-electron chi connectivity index (χ1n) is 9.76. The Morgan fingerprint density at radius 2 is 1.64 bits per heavy atom. The fourth-order valence-electron chi connectivity index (χ4n) is 3.20. The molecule has 172 valence electrons. The van der Waals surface area contributed by atoms with E-state index < -0.39 is 15.9 Å². The minimum atomic E-state index is -1.91. The number of nitrogens with one attached hydrogen (secondary N) is 3. The Morgan fingerprint density at radius 3 is 2.36 bits per heavy atom. The first-order chi connectivity index (χ1) is 15.7. The molecule has 0 aliphatic rings. The molecule has 3 N–H and O–H groups in total. The van der Waals surface area contributed by atoms with Gasteiger partial charge in [-0.05, 0) is 40.7 Å². The lowest BCUT2D eigenvalue weighted by Crippen LogP contribution is -2.56. The van der Waals surface area contributed by atoms with Gasteiger partial charge in [-0.25, -0.2) is 4.79 Å². The zero-order valence-electron chi connectivity index (χ0n) is 17.4. The van der Waals surface area contributed by atoms with Crippen molar-refractivity contribution in [1.29, 1.82) is 0 Å². The van der Waals surface area contributed by atoms with Crippen LogP contribution in [-0.4, -0.2) is 34.1 Å². The number of thiocarbonyl (C=S) groups is 1. The summed E-state index contributed by atoms with van der Waals surface area (Å²) in [4.78, 5) is 24.7. The fraction of sp³-hybridized carbons (Fsp3) is 0.174. The molecule has 3 aromatic carbocycles. The first kappa shape index (κ1) is 25.1. The highest BCUT2D eigenvalue weighted by Crippen LogP contribution is 2.29. The molecule has 0 bridgehead atoms. The molecular formula is C23H20Cl3N3O3S. The number of halogens is 3. The highest BCUT2D eigenvalue weighted by Gasteiger charge is 2.34. The summed E-state index contributed by atoms with van der Waals surface area (Å²) in [5, 5.41) is 10.3. The van der Waals surface area contributed by atoms with Crippen molar-refractivity contribution in [3.05, 3.63) is 77.9 Å². The van der Waals surface area contributed by atoms with Gasteiger partial charge in [-0.2, -0.15) is 0 Å². The number of hydrogen-bond acceptors (Lipinski definition) is 4. The molecule has 0 saturated heterocycles. The van der Waals surface area contributed by atoms with Crippen molar-refractivity contribution >= 4 is 80.5 Å². The molecule has 0 aliphatic heterocycles. The number of carbonyl (C=O) groups excluding carboxylic acids is 2. The van der Waals surface area contributed by atoms with Crippen LogP contribution in [0.25, 0.3) is 10.8 Å². The number of ether oxygens (including phenoxy) is 1. The third kappa shape index (κ3) is 6.71. The quantitative estimate of drug-likeness (QED) is 0.183. The number of rotatable bonds is 6. The molecule has 3 aromatic rings. The monoisotopic (exact) mass is 523 g/mol. The van der Waals surface area contributed by atoms with Crippen LogP contribution < -0.4 is 16.0 Å². The molecule has 0 saturated carbocycles. The normalized spacial score (nSPS) is 12.0. The number of hydrogen-bond donors (Lipinski definition) is 3. The standard InChI is InChI=1S/C23H20Cl3N3O3S/c1-32-20(31)17-11-4-5-12-18(17)27-22(33)29-21(23(24,25)26)28-19(30)13-15-9-6-8-14-7-2-3-10-16(14)15/h2-12,21H,13H2,1H3,(H,28,30)(H2,27,29,33)/t21-/m0/s1. The largest absolute Gasteiger partial charge is 0.465 e. The third-order valence-corrected chi connectivity index (χ3v) is 5.59. The van der Waals surface area contributed by atoms with E-state index in [-0.39, 0.29) is 23.0 Å². The Labute approximate surface area is 211 Å². The Hall–Kier alpha value is -2.58. The van der Waals surface area contributed by atoms with E-state index in [2.05, 4.69) is 16.0 Å². The van der Waals surface area contributed by atoms with Crippen molar-refractivity contribution in [2.75, 3.05) is 12.4 Å². The maximum Gasteiger partial charge on any atom is 0.339 e. The zero-order chi connectivity index (χ0) is 24.0. The average Bonchev–Trinajstić information content (AvgIpc) is 2.78. The van der Waals surface area contributed by atoms with E-state index in [0.29, 0.717) is 5.69 Å². The second kappa shape index (κ2) is 11.0. The highest BCUT2D eigenvalue weighted by molar-refractivity contribution is 7.80. The van der Waals surface area contributed by atoms with Crippen LogP contribution in [0.4, 0.5) is 5.69 Å². The van der Waals surface area contributed by atoms with Gasteiger partial charge in [-0.3, -0.25) is 4.79 Å². The second-order valence-electron chi connectivity index (χ2n) is 6.99. The van der Waals surface area contributed by atoms with Crippen LogP contribution in [0, 0.1) is 0 Å². The van der Waals surface area contributed by atoms with Gasteiger partial charge >= 0.3 is 5.97 Å². The molecule has 6 nitrogen and oxygen atoms in total. The lowest BCUT2D eigenvalue weighted by atomic mass is 10.0. The van der Waals surface area contributed by atoms with Crippen LogP contribution in [-0.2, 0) is 16.0 Å². The van der Waals surface area contributed by atoms with Gasteiger partial charge < -0.3 is 20.7 Å². The minimum Gasteiger partial charge on any atom is -0.465 e. The number of fused-ring (bicyclic) bond motifs is 1. The van der Waals surface area contributed by atoms with Crippen LogP contribution in [0.3, 0.4) is 0 Å². The topological polar surface area (TPSA) is 79.5 Å². The van der Waals surface area contributed by atoms with Gasteiger partial charge in [0.2, 0.25) is 9.70 Å². The predicted octanol–water partition coefficient (Wildman–Crippen LogP) is 4.97. The maximum absolute atomic E-state index is 12.8. The first-order valence-corrected chi connectivity index (χ1v) is 11.3. The smallest absolute Gasteiger partial charge is 0.339 e. The maximum atomic E-state index is 12.8. The number of carbonyl (C=O) groups is 2. The van der Waals surface area contributed by atoms with Crippen LogP contribution in [0.1, 0.15) is 15.9 Å².